The van der Waals surface area contributed by atoms with Crippen LogP contribution in [-0.4, -0.2) is 8.07 Å². The van der Waals surface area contributed by atoms with E-state index in [0.29, 0.717) is 0 Å². The van der Waals surface area contributed by atoms with E-state index in [0.717, 1.165) is 0 Å². The Balaban J connectivity index is 0.905. The van der Waals surface area contributed by atoms with Gasteiger partial charge >= 0.3 is 0 Å². The number of fused-ring (bicyclic) bond motifs is 17. The monoisotopic (exact) mass is 1090 g/mol. The molecular formula is C84H58Si. The van der Waals surface area contributed by atoms with Gasteiger partial charge in [-0.15, -0.1) is 0 Å². The van der Waals surface area contributed by atoms with Crippen molar-refractivity contribution in [3.8, 4) is 122 Å². The first-order valence-electron chi connectivity index (χ1n) is 30.5. The molecule has 5 aliphatic rings. The van der Waals surface area contributed by atoms with Crippen molar-refractivity contribution in [1.82, 2.24) is 0 Å². The summed E-state index contributed by atoms with van der Waals surface area (Å²) >= 11 is 0. The van der Waals surface area contributed by atoms with Crippen LogP contribution in [0.1, 0.15) is 49.9 Å². The summed E-state index contributed by atoms with van der Waals surface area (Å²) in [6.45, 7) is 14.8. The van der Waals surface area contributed by atoms with E-state index < -0.39 is 8.07 Å². The van der Waals surface area contributed by atoms with E-state index in [4.69, 9.17) is 0 Å². The van der Waals surface area contributed by atoms with Gasteiger partial charge in [-0.3, -0.25) is 0 Å². The third-order valence-electron chi connectivity index (χ3n) is 21.4. The van der Waals surface area contributed by atoms with Crippen LogP contribution in [0.25, 0.3) is 165 Å². The smallest absolute Gasteiger partial charge is 0.0619 e. The third-order valence-corrected chi connectivity index (χ3v) is 24.9. The zero-order chi connectivity index (χ0) is 56.6. The van der Waals surface area contributed by atoms with E-state index >= 15 is 0 Å². The van der Waals surface area contributed by atoms with Gasteiger partial charge in [0, 0.05) is 10.8 Å². The van der Waals surface area contributed by atoms with Crippen molar-refractivity contribution in [2.24, 2.45) is 0 Å². The van der Waals surface area contributed by atoms with Gasteiger partial charge in [-0.25, -0.2) is 0 Å². The highest BCUT2D eigenvalue weighted by atomic mass is 28.3. The van der Waals surface area contributed by atoms with Crippen LogP contribution in [0.15, 0.2) is 243 Å². The quantitative estimate of drug-likeness (QED) is 0.122. The zero-order valence-corrected chi connectivity index (χ0v) is 49.6. The maximum absolute atomic E-state index is 2.71. The number of benzene rings is 14. The zero-order valence-electron chi connectivity index (χ0n) is 48.6. The molecule has 19 rings (SSSR count). The Bertz CT molecular complexity index is 5390. The molecule has 0 radical (unpaired) electrons. The standard InChI is InChI=1S/C84H58Si/c1-83(2)73-27-13-11-21-55(73)57-33-29-48(42-75(57)83)47-32-36-68-70(41-47)82(67-40-38-65-54-20-10-8-18-52(54)61-24-16-26-63(67)80(61)65)72-46-78-69(45-71(72)81(68)66-39-37-64-53-19-9-7-17-51(53)60-23-15-25-62(66)79(60)64)59-35-31-50(44-77(59)85(78,5)6)49-30-34-58-56-22-12-14-28-74(56)84(3,4)76(58)43-49/h7-46H,1-6H3. The molecule has 1 heteroatoms. The van der Waals surface area contributed by atoms with Gasteiger partial charge in [0.25, 0.3) is 0 Å². The van der Waals surface area contributed by atoms with E-state index in [9.17, 15) is 0 Å². The van der Waals surface area contributed by atoms with Crippen molar-refractivity contribution in [2.75, 3.05) is 0 Å². The fourth-order valence-corrected chi connectivity index (χ4v) is 20.3. The highest BCUT2D eigenvalue weighted by molar-refractivity contribution is 7.04. The summed E-state index contributed by atoms with van der Waals surface area (Å²) in [5.41, 5.74) is 34.4. The molecule has 0 saturated carbocycles. The van der Waals surface area contributed by atoms with Crippen molar-refractivity contribution in [3.63, 3.8) is 0 Å². The normalized spacial score (nSPS) is 15.0. The molecule has 0 bridgehead atoms. The Hall–Kier alpha value is -9.66. The molecule has 0 N–H and O–H groups in total. The molecule has 0 amide bonds. The fourth-order valence-electron chi connectivity index (χ4n) is 17.2. The predicted molar refractivity (Wildman–Crippen MR) is 364 cm³/mol. The third kappa shape index (κ3) is 6.11. The first kappa shape index (κ1) is 47.8. The molecule has 0 atom stereocenters. The Labute approximate surface area is 497 Å². The number of rotatable bonds is 4. The van der Waals surface area contributed by atoms with Crippen molar-refractivity contribution in [1.29, 1.82) is 0 Å². The van der Waals surface area contributed by atoms with Crippen LogP contribution in [0.5, 0.6) is 0 Å². The molecule has 398 valence electrons. The van der Waals surface area contributed by atoms with E-state index in [1.165, 1.54) is 198 Å². The van der Waals surface area contributed by atoms with Crippen molar-refractivity contribution < 1.29 is 0 Å². The van der Waals surface area contributed by atoms with Crippen LogP contribution in [-0.2, 0) is 10.8 Å². The van der Waals surface area contributed by atoms with Crippen LogP contribution in [0.4, 0.5) is 0 Å². The number of hydrogen-bond acceptors (Lipinski definition) is 0. The fraction of sp³-hybridized carbons (Fsp3) is 0.0952. The van der Waals surface area contributed by atoms with E-state index in [-0.39, 0.29) is 10.8 Å². The number of hydrogen-bond donors (Lipinski definition) is 0. The second kappa shape index (κ2) is 16.4. The second-order valence-electron chi connectivity index (χ2n) is 26.6. The first-order chi connectivity index (χ1) is 41.4. The molecule has 0 unspecified atom stereocenters. The summed E-state index contributed by atoms with van der Waals surface area (Å²) in [6, 6.07) is 94.8. The van der Waals surface area contributed by atoms with Crippen LogP contribution in [0.2, 0.25) is 13.1 Å². The summed E-state index contributed by atoms with van der Waals surface area (Å²) < 4.78 is 0. The van der Waals surface area contributed by atoms with Crippen LogP contribution in [0, 0.1) is 0 Å². The summed E-state index contributed by atoms with van der Waals surface area (Å²) in [4.78, 5) is 0. The van der Waals surface area contributed by atoms with E-state index in [2.05, 4.69) is 283 Å². The summed E-state index contributed by atoms with van der Waals surface area (Å²) in [6.07, 6.45) is 0. The molecule has 85 heavy (non-hydrogen) atoms. The molecule has 1 aliphatic heterocycles. The van der Waals surface area contributed by atoms with Crippen molar-refractivity contribution in [3.05, 3.63) is 265 Å². The van der Waals surface area contributed by atoms with Gasteiger partial charge in [0.05, 0.1) is 0 Å². The summed E-state index contributed by atoms with van der Waals surface area (Å²) in [5, 5.41) is 13.5. The van der Waals surface area contributed by atoms with E-state index in [1.807, 2.05) is 0 Å². The van der Waals surface area contributed by atoms with Crippen LogP contribution in [0.3, 0.4) is 0 Å². The van der Waals surface area contributed by atoms with Crippen molar-refractivity contribution in [2.45, 2.75) is 51.6 Å². The van der Waals surface area contributed by atoms with Crippen LogP contribution >= 0.6 is 0 Å². The minimum Gasteiger partial charge on any atom is -0.0619 e. The predicted octanol–water partition coefficient (Wildman–Crippen LogP) is 21.7. The van der Waals surface area contributed by atoms with Gasteiger partial charge in [0.1, 0.15) is 8.07 Å². The molecule has 1 heterocycles. The SMILES string of the molecule is CC1(C)c2ccccc2-c2ccc(-c3ccc4c(c3)[Si](C)(C)c3cc5c(-c6ccc7c8c(cccc68)-c6ccccc6-7)c6cc(-c7ccc8c(c7)C(C)(C)c7ccccc7-8)ccc6c(-c6ccc7c8c(cccc68)-c6ccccc6-7)c5cc3-4)cc21. The average Bonchev–Trinajstić information content (AvgIpc) is 1.97. The molecule has 0 fully saturated rings. The highest BCUT2D eigenvalue weighted by Crippen LogP contribution is 2.57. The Morgan fingerprint density at radius 1 is 0.224 bits per heavy atom. The maximum Gasteiger partial charge on any atom is 0.113 e. The van der Waals surface area contributed by atoms with Gasteiger partial charge in [0.2, 0.25) is 0 Å². The van der Waals surface area contributed by atoms with Gasteiger partial charge in [-0.05, 0) is 222 Å². The van der Waals surface area contributed by atoms with Gasteiger partial charge < -0.3 is 0 Å². The molecular weight excluding hydrogens is 1040 g/mol. The van der Waals surface area contributed by atoms with Gasteiger partial charge in [-0.1, -0.05) is 259 Å². The van der Waals surface area contributed by atoms with Crippen molar-refractivity contribution >= 4 is 61.5 Å². The Morgan fingerprint density at radius 3 is 1.11 bits per heavy atom. The lowest BCUT2D eigenvalue weighted by Crippen LogP contribution is -2.49. The molecule has 0 nitrogen and oxygen atoms in total. The summed E-state index contributed by atoms with van der Waals surface area (Å²) in [5.74, 6) is 0. The van der Waals surface area contributed by atoms with Gasteiger partial charge in [0.15, 0.2) is 0 Å². The minimum atomic E-state index is -2.36. The summed E-state index contributed by atoms with van der Waals surface area (Å²) in [7, 11) is -2.36. The molecule has 14 aromatic carbocycles. The molecule has 0 saturated heterocycles. The molecule has 14 aromatic rings. The average molecular weight is 1100 g/mol. The Morgan fingerprint density at radius 2 is 0.576 bits per heavy atom. The largest absolute Gasteiger partial charge is 0.113 e. The van der Waals surface area contributed by atoms with Crippen LogP contribution < -0.4 is 10.4 Å². The maximum atomic E-state index is 2.71. The highest BCUT2D eigenvalue weighted by Gasteiger charge is 2.41. The lowest BCUT2D eigenvalue weighted by atomic mass is 9.80. The molecule has 4 aliphatic carbocycles. The minimum absolute atomic E-state index is 0.0722. The Kier molecular flexibility index (Phi) is 9.20. The lowest BCUT2D eigenvalue weighted by molar-refractivity contribution is 0.660. The topological polar surface area (TPSA) is 0 Å². The molecule has 0 spiro atoms. The van der Waals surface area contributed by atoms with E-state index in [1.54, 1.807) is 0 Å². The second-order valence-corrected chi connectivity index (χ2v) is 30.9. The van der Waals surface area contributed by atoms with Gasteiger partial charge in [-0.2, -0.15) is 0 Å². The first-order valence-corrected chi connectivity index (χ1v) is 33.5. The molecule has 0 aromatic heterocycles. The lowest BCUT2D eigenvalue weighted by Gasteiger charge is -2.24.